The maximum atomic E-state index is 13.5. The highest BCUT2D eigenvalue weighted by atomic mass is 32.2. The van der Waals surface area contributed by atoms with Crippen LogP contribution in [0.3, 0.4) is 0 Å². The molecule has 0 radical (unpaired) electrons. The van der Waals surface area contributed by atoms with E-state index in [2.05, 4.69) is 30.3 Å². The van der Waals surface area contributed by atoms with Crippen molar-refractivity contribution in [1.82, 2.24) is 18.8 Å². The second-order valence-electron chi connectivity index (χ2n) is 10.9. The Morgan fingerprint density at radius 3 is 2.21 bits per heavy atom. The van der Waals surface area contributed by atoms with Crippen LogP contribution in [0.2, 0.25) is 0 Å². The summed E-state index contributed by atoms with van der Waals surface area (Å²) in [5.41, 5.74) is 1.27. The molecule has 4 heterocycles. The van der Waals surface area contributed by atoms with Gasteiger partial charge in [-0.05, 0) is 49.1 Å². The molecule has 0 bridgehead atoms. The van der Waals surface area contributed by atoms with Crippen molar-refractivity contribution < 1.29 is 26.3 Å². The average Bonchev–Trinajstić information content (AvgIpc) is 3.28. The summed E-state index contributed by atoms with van der Waals surface area (Å²) >= 11 is 0. The maximum absolute atomic E-state index is 13.5. The zero-order valence-electron chi connectivity index (χ0n) is 22.0. The number of rotatable bonds is 6. The third kappa shape index (κ3) is 5.24. The second kappa shape index (κ2) is 10.3. The first kappa shape index (κ1) is 27.2. The molecule has 10 nitrogen and oxygen atoms in total. The maximum Gasteiger partial charge on any atom is 0.244 e. The lowest BCUT2D eigenvalue weighted by molar-refractivity contribution is 0.0611. The van der Waals surface area contributed by atoms with E-state index in [4.69, 9.17) is 14.5 Å². The van der Waals surface area contributed by atoms with Crippen molar-refractivity contribution in [2.24, 2.45) is 5.92 Å². The first-order valence-electron chi connectivity index (χ1n) is 12.9. The van der Waals surface area contributed by atoms with Crippen molar-refractivity contribution in [2.45, 2.75) is 60.4 Å². The monoisotopic (exact) mass is 562 g/mol. The van der Waals surface area contributed by atoms with E-state index in [-0.39, 0.29) is 33.3 Å². The normalized spacial score (nSPS) is 18.7. The minimum absolute atomic E-state index is 0.0459. The summed E-state index contributed by atoms with van der Waals surface area (Å²) in [5, 5.41) is -0.213. The van der Waals surface area contributed by atoms with Crippen LogP contribution in [0.4, 0.5) is 0 Å². The van der Waals surface area contributed by atoms with Crippen molar-refractivity contribution in [3.63, 3.8) is 0 Å². The Kier molecular flexibility index (Phi) is 7.38. The third-order valence-electron chi connectivity index (χ3n) is 7.07. The molecule has 206 valence electrons. The predicted molar refractivity (Wildman–Crippen MR) is 141 cm³/mol. The molecule has 12 heteroatoms. The van der Waals surface area contributed by atoms with Crippen LogP contribution in [0.1, 0.15) is 39.4 Å². The fourth-order valence-electron chi connectivity index (χ4n) is 4.96. The van der Waals surface area contributed by atoms with Crippen molar-refractivity contribution in [1.29, 1.82) is 0 Å². The first-order valence-corrected chi connectivity index (χ1v) is 15.8. The van der Waals surface area contributed by atoms with Gasteiger partial charge in [0.2, 0.25) is 19.9 Å². The van der Waals surface area contributed by atoms with E-state index in [0.29, 0.717) is 24.6 Å². The van der Waals surface area contributed by atoms with Crippen LogP contribution < -0.4 is 0 Å². The number of nitrogens with zero attached hydrogens (tertiary/aromatic N) is 4. The number of aromatic nitrogens is 3. The van der Waals surface area contributed by atoms with Gasteiger partial charge in [-0.25, -0.2) is 26.8 Å². The zero-order chi connectivity index (χ0) is 27.1. The van der Waals surface area contributed by atoms with Gasteiger partial charge in [0.05, 0.1) is 29.1 Å². The van der Waals surface area contributed by atoms with E-state index < -0.39 is 19.9 Å². The van der Waals surface area contributed by atoms with E-state index in [9.17, 15) is 16.8 Å². The minimum Gasteiger partial charge on any atom is -0.381 e. The van der Waals surface area contributed by atoms with E-state index in [1.54, 1.807) is 18.2 Å². The average molecular weight is 563 g/mol. The number of ether oxygens (including phenoxy) is 2. The van der Waals surface area contributed by atoms with Crippen LogP contribution >= 0.6 is 0 Å². The highest BCUT2D eigenvalue weighted by molar-refractivity contribution is 7.91. The number of benzene rings is 1. The summed E-state index contributed by atoms with van der Waals surface area (Å²) in [7, 11) is -7.76. The summed E-state index contributed by atoms with van der Waals surface area (Å²) in [6.45, 7) is 9.76. The van der Waals surface area contributed by atoms with Gasteiger partial charge in [0, 0.05) is 44.5 Å². The molecule has 0 N–H and O–H groups in total. The fourth-order valence-corrected chi connectivity index (χ4v) is 7.50. The number of hydrogen-bond donors (Lipinski definition) is 0. The predicted octanol–water partition coefficient (Wildman–Crippen LogP) is 3.01. The summed E-state index contributed by atoms with van der Waals surface area (Å²) in [5.74, 6) is 1.38. The van der Waals surface area contributed by atoms with Crippen LogP contribution in [0.25, 0.3) is 11.0 Å². The lowest BCUT2D eigenvalue weighted by atomic mass is 9.94. The van der Waals surface area contributed by atoms with E-state index in [1.807, 2.05) is 0 Å². The Hall–Kier alpha value is -2.38. The largest absolute Gasteiger partial charge is 0.381 e. The Labute approximate surface area is 223 Å². The molecule has 2 saturated heterocycles. The number of hydrogen-bond acceptors (Lipinski definition) is 8. The SMILES string of the molecule is CC(C)(C)c1nc2cc(S(=O)(=O)c3ccc(S(=O)(=O)N4CCOCC4)cn3)ccc2n1CC1CCOCC1. The molecule has 0 saturated carbocycles. The zero-order valence-corrected chi connectivity index (χ0v) is 23.6. The van der Waals surface area contributed by atoms with Crippen LogP contribution in [0.15, 0.2) is 51.3 Å². The molecule has 38 heavy (non-hydrogen) atoms. The van der Waals surface area contributed by atoms with Gasteiger partial charge in [0.1, 0.15) is 10.7 Å². The molecule has 0 atom stereocenters. The fraction of sp³-hybridized carbons (Fsp3) is 0.538. The summed E-state index contributed by atoms with van der Waals surface area (Å²) < 4.78 is 67.0. The van der Waals surface area contributed by atoms with Crippen LogP contribution in [-0.2, 0) is 41.3 Å². The van der Waals surface area contributed by atoms with Gasteiger partial charge in [-0.2, -0.15) is 4.31 Å². The van der Waals surface area contributed by atoms with Gasteiger partial charge in [-0.1, -0.05) is 20.8 Å². The van der Waals surface area contributed by atoms with Gasteiger partial charge < -0.3 is 14.0 Å². The van der Waals surface area contributed by atoms with Crippen LogP contribution in [0, 0.1) is 5.92 Å². The summed E-state index contributed by atoms with van der Waals surface area (Å²) in [6, 6.07) is 7.51. The quantitative estimate of drug-likeness (QED) is 0.450. The second-order valence-corrected chi connectivity index (χ2v) is 14.7. The lowest BCUT2D eigenvalue weighted by Gasteiger charge is -2.26. The molecule has 2 aliphatic rings. The van der Waals surface area contributed by atoms with Crippen molar-refractivity contribution >= 4 is 30.9 Å². The standard InChI is InChI=1S/C26H34N4O6S2/c1-26(2,3)25-28-22-16-20(4-6-23(22)30(25)18-19-8-12-35-13-9-19)37(31,32)24-7-5-21(17-27-24)38(33,34)29-10-14-36-15-11-29/h4-7,16-17,19H,8-15,18H2,1-3H3. The lowest BCUT2D eigenvalue weighted by Crippen LogP contribution is -2.40. The number of pyridine rings is 1. The molecule has 0 aliphatic carbocycles. The highest BCUT2D eigenvalue weighted by Crippen LogP contribution is 2.31. The van der Waals surface area contributed by atoms with Gasteiger partial charge in [0.25, 0.3) is 0 Å². The number of sulfone groups is 1. The molecule has 0 unspecified atom stereocenters. The molecule has 3 aromatic rings. The Balaban J connectivity index is 1.47. The van der Waals surface area contributed by atoms with Crippen molar-refractivity contribution in [3.05, 3.63) is 42.4 Å². The van der Waals surface area contributed by atoms with Gasteiger partial charge in [-0.15, -0.1) is 0 Å². The Bertz CT molecular complexity index is 1510. The van der Waals surface area contributed by atoms with Gasteiger partial charge in [-0.3, -0.25) is 0 Å². The molecule has 0 amide bonds. The van der Waals surface area contributed by atoms with Crippen LogP contribution in [-0.4, -0.2) is 75.2 Å². The molecule has 2 fully saturated rings. The molecular formula is C26H34N4O6S2. The number of morpholine rings is 1. The molecule has 0 spiro atoms. The Morgan fingerprint density at radius 2 is 1.58 bits per heavy atom. The minimum atomic E-state index is -3.99. The highest BCUT2D eigenvalue weighted by Gasteiger charge is 2.29. The molecular weight excluding hydrogens is 528 g/mol. The third-order valence-corrected chi connectivity index (χ3v) is 10.6. The van der Waals surface area contributed by atoms with E-state index in [0.717, 1.165) is 50.1 Å². The van der Waals surface area contributed by atoms with Gasteiger partial charge in [0.15, 0.2) is 5.03 Å². The van der Waals surface area contributed by atoms with Crippen LogP contribution in [0.5, 0.6) is 0 Å². The molecule has 5 rings (SSSR count). The number of fused-ring (bicyclic) bond motifs is 1. The summed E-state index contributed by atoms with van der Waals surface area (Å²) in [4.78, 5) is 8.93. The van der Waals surface area contributed by atoms with E-state index in [1.165, 1.54) is 16.4 Å². The summed E-state index contributed by atoms with van der Waals surface area (Å²) in [6.07, 6.45) is 3.08. The molecule has 1 aromatic carbocycles. The number of sulfonamides is 1. The number of imidazole rings is 1. The van der Waals surface area contributed by atoms with E-state index >= 15 is 0 Å². The van der Waals surface area contributed by atoms with Crippen molar-refractivity contribution in [2.75, 3.05) is 39.5 Å². The van der Waals surface area contributed by atoms with Crippen molar-refractivity contribution in [3.8, 4) is 0 Å². The first-order chi connectivity index (χ1) is 18.0. The smallest absolute Gasteiger partial charge is 0.244 e. The molecule has 2 aromatic heterocycles. The molecule has 2 aliphatic heterocycles. The topological polar surface area (TPSA) is 121 Å². The Morgan fingerprint density at radius 1 is 0.921 bits per heavy atom. The van der Waals surface area contributed by atoms with Gasteiger partial charge >= 0.3 is 0 Å².